The van der Waals surface area contributed by atoms with E-state index in [2.05, 4.69) is 20.6 Å². The first-order valence-corrected chi connectivity index (χ1v) is 8.47. The molecule has 0 fully saturated rings. The number of carbonyl (C=O) groups is 1. The lowest BCUT2D eigenvalue weighted by atomic mass is 10.1. The number of anilines is 1. The van der Waals surface area contributed by atoms with E-state index in [0.29, 0.717) is 35.1 Å². The van der Waals surface area contributed by atoms with Crippen LogP contribution in [0.15, 0.2) is 57.8 Å². The average molecular weight is 379 g/mol. The molecule has 9 heteroatoms. The summed E-state index contributed by atoms with van der Waals surface area (Å²) in [4.78, 5) is 17.0. The molecule has 3 heterocycles. The number of nitrogens with one attached hydrogen (secondary N) is 1. The molecule has 142 valence electrons. The van der Waals surface area contributed by atoms with Gasteiger partial charge in [-0.2, -0.15) is 4.98 Å². The Bertz CT molecular complexity index is 1100. The Labute approximate surface area is 159 Å². The lowest BCUT2D eigenvalue weighted by Gasteiger charge is -2.09. The van der Waals surface area contributed by atoms with E-state index in [1.54, 1.807) is 37.7 Å². The molecule has 0 radical (unpaired) electrons. The number of hydrogen-bond acceptors (Lipinski definition) is 7. The molecule has 0 aliphatic heterocycles. The van der Waals surface area contributed by atoms with Gasteiger partial charge in [0.05, 0.1) is 19.8 Å². The molecular weight excluding hydrogens is 362 g/mol. The van der Waals surface area contributed by atoms with E-state index in [9.17, 15) is 4.79 Å². The fourth-order valence-corrected chi connectivity index (χ4v) is 2.76. The molecule has 1 amide bonds. The number of furan rings is 1. The van der Waals surface area contributed by atoms with Gasteiger partial charge < -0.3 is 19.0 Å². The molecule has 3 aromatic heterocycles. The van der Waals surface area contributed by atoms with Crippen LogP contribution in [0.5, 0.6) is 5.88 Å². The van der Waals surface area contributed by atoms with Crippen molar-refractivity contribution >= 4 is 11.6 Å². The van der Waals surface area contributed by atoms with Crippen LogP contribution in [0.1, 0.15) is 21.8 Å². The van der Waals surface area contributed by atoms with Gasteiger partial charge in [-0.25, -0.2) is 0 Å². The summed E-state index contributed by atoms with van der Waals surface area (Å²) in [6.45, 7) is 0. The van der Waals surface area contributed by atoms with Crippen LogP contribution < -0.4 is 10.1 Å². The molecule has 9 nitrogen and oxygen atoms in total. The van der Waals surface area contributed by atoms with Crippen molar-refractivity contribution in [2.24, 2.45) is 7.05 Å². The monoisotopic (exact) mass is 379 g/mol. The first-order valence-electron chi connectivity index (χ1n) is 8.47. The van der Waals surface area contributed by atoms with Gasteiger partial charge in [0.1, 0.15) is 5.56 Å². The SMILES string of the molecule is COc1nn(C)cc1C(=O)Nc1ccccc1Cc1nc(-c2ccco2)no1. The highest BCUT2D eigenvalue weighted by Gasteiger charge is 2.18. The topological polar surface area (TPSA) is 108 Å². The summed E-state index contributed by atoms with van der Waals surface area (Å²) in [5.74, 6) is 1.26. The molecule has 0 saturated heterocycles. The maximum absolute atomic E-state index is 12.7. The second-order valence-electron chi connectivity index (χ2n) is 6.00. The third kappa shape index (κ3) is 3.50. The normalized spacial score (nSPS) is 10.8. The minimum atomic E-state index is -0.320. The van der Waals surface area contributed by atoms with E-state index in [-0.39, 0.29) is 11.8 Å². The zero-order chi connectivity index (χ0) is 19.5. The second kappa shape index (κ2) is 7.39. The molecule has 0 bridgehead atoms. The predicted octanol–water partition coefficient (Wildman–Crippen LogP) is 2.91. The van der Waals surface area contributed by atoms with Crippen molar-refractivity contribution in [2.45, 2.75) is 6.42 Å². The van der Waals surface area contributed by atoms with Crippen LogP contribution in [-0.2, 0) is 13.5 Å². The Kier molecular flexibility index (Phi) is 4.63. The molecule has 0 unspecified atom stereocenters. The van der Waals surface area contributed by atoms with E-state index in [1.807, 2.05) is 18.2 Å². The van der Waals surface area contributed by atoms with Crippen molar-refractivity contribution in [1.29, 1.82) is 0 Å². The van der Waals surface area contributed by atoms with Crippen molar-refractivity contribution in [3.05, 3.63) is 65.9 Å². The van der Waals surface area contributed by atoms with Crippen molar-refractivity contribution in [1.82, 2.24) is 19.9 Å². The van der Waals surface area contributed by atoms with Gasteiger partial charge in [-0.05, 0) is 23.8 Å². The first-order chi connectivity index (χ1) is 13.6. The summed E-state index contributed by atoms with van der Waals surface area (Å²) in [6, 6.07) is 10.9. The molecule has 0 aliphatic rings. The molecule has 1 aromatic carbocycles. The zero-order valence-electron chi connectivity index (χ0n) is 15.2. The summed E-state index contributed by atoms with van der Waals surface area (Å²) in [5, 5.41) is 10.9. The Morgan fingerprint density at radius 3 is 2.89 bits per heavy atom. The fraction of sp³-hybridized carbons (Fsp3) is 0.158. The number of carbonyl (C=O) groups excluding carboxylic acids is 1. The molecule has 4 rings (SSSR count). The molecule has 28 heavy (non-hydrogen) atoms. The van der Waals surface area contributed by atoms with E-state index in [0.717, 1.165) is 5.56 Å². The number of para-hydroxylation sites is 1. The zero-order valence-corrected chi connectivity index (χ0v) is 15.2. The van der Waals surface area contributed by atoms with E-state index in [4.69, 9.17) is 13.7 Å². The fourth-order valence-electron chi connectivity index (χ4n) is 2.76. The number of aromatic nitrogens is 4. The van der Waals surface area contributed by atoms with Crippen LogP contribution >= 0.6 is 0 Å². The van der Waals surface area contributed by atoms with Crippen LogP contribution in [-0.4, -0.2) is 32.9 Å². The maximum atomic E-state index is 12.7. The van der Waals surface area contributed by atoms with Crippen LogP contribution in [0.25, 0.3) is 11.6 Å². The first kappa shape index (κ1) is 17.5. The largest absolute Gasteiger partial charge is 0.479 e. The lowest BCUT2D eigenvalue weighted by molar-refractivity contribution is 0.102. The lowest BCUT2D eigenvalue weighted by Crippen LogP contribution is -2.13. The minimum Gasteiger partial charge on any atom is -0.479 e. The Balaban J connectivity index is 1.55. The summed E-state index contributed by atoms with van der Waals surface area (Å²) in [5.41, 5.74) is 1.81. The molecule has 0 atom stereocenters. The van der Waals surface area contributed by atoms with Crippen LogP contribution in [0, 0.1) is 0 Å². The van der Waals surface area contributed by atoms with Gasteiger partial charge in [0.25, 0.3) is 5.91 Å². The van der Waals surface area contributed by atoms with Gasteiger partial charge in [-0.15, -0.1) is 5.10 Å². The number of rotatable bonds is 6. The van der Waals surface area contributed by atoms with E-state index < -0.39 is 0 Å². The third-order valence-electron chi connectivity index (χ3n) is 4.05. The number of hydrogen-bond donors (Lipinski definition) is 1. The van der Waals surface area contributed by atoms with Gasteiger partial charge in [0, 0.05) is 18.9 Å². The van der Waals surface area contributed by atoms with Crippen LogP contribution in [0.4, 0.5) is 5.69 Å². The Morgan fingerprint density at radius 2 is 2.11 bits per heavy atom. The highest BCUT2D eigenvalue weighted by molar-refractivity contribution is 6.06. The highest BCUT2D eigenvalue weighted by Crippen LogP contribution is 2.23. The number of benzene rings is 1. The molecule has 0 aliphatic carbocycles. The summed E-state index contributed by atoms with van der Waals surface area (Å²) < 4.78 is 17.3. The number of methoxy groups -OCH3 is 1. The molecule has 4 aromatic rings. The van der Waals surface area contributed by atoms with Crippen molar-refractivity contribution in [2.75, 3.05) is 12.4 Å². The number of aryl methyl sites for hydroxylation is 1. The van der Waals surface area contributed by atoms with E-state index in [1.165, 1.54) is 11.8 Å². The molecular formula is C19H17N5O4. The third-order valence-corrected chi connectivity index (χ3v) is 4.05. The van der Waals surface area contributed by atoms with Gasteiger partial charge in [0.2, 0.25) is 17.6 Å². The number of nitrogens with zero attached hydrogens (tertiary/aromatic N) is 4. The van der Waals surface area contributed by atoms with Crippen LogP contribution in [0.2, 0.25) is 0 Å². The number of ether oxygens (including phenoxy) is 1. The summed E-state index contributed by atoms with van der Waals surface area (Å²) in [6.07, 6.45) is 3.50. The smallest absolute Gasteiger partial charge is 0.262 e. The van der Waals surface area contributed by atoms with Crippen molar-refractivity contribution in [3.63, 3.8) is 0 Å². The van der Waals surface area contributed by atoms with Gasteiger partial charge >= 0.3 is 0 Å². The van der Waals surface area contributed by atoms with E-state index >= 15 is 0 Å². The summed E-state index contributed by atoms with van der Waals surface area (Å²) >= 11 is 0. The van der Waals surface area contributed by atoms with Crippen molar-refractivity contribution < 1.29 is 18.5 Å². The average Bonchev–Trinajstić information content (AvgIpc) is 3.43. The molecule has 0 spiro atoms. The van der Waals surface area contributed by atoms with Crippen LogP contribution in [0.3, 0.4) is 0 Å². The molecule has 1 N–H and O–H groups in total. The maximum Gasteiger partial charge on any atom is 0.262 e. The Hall–Kier alpha value is -3.88. The second-order valence-corrected chi connectivity index (χ2v) is 6.00. The van der Waals surface area contributed by atoms with Gasteiger partial charge in [0.15, 0.2) is 5.76 Å². The standard InChI is InChI=1S/C19H17N5O4/c1-24-11-13(19(22-24)26-2)18(25)20-14-7-4-3-6-12(14)10-16-21-17(23-28-16)15-8-5-9-27-15/h3-9,11H,10H2,1-2H3,(H,20,25). The number of amides is 1. The Morgan fingerprint density at radius 1 is 1.25 bits per heavy atom. The minimum absolute atomic E-state index is 0.262. The van der Waals surface area contributed by atoms with Gasteiger partial charge in [-0.3, -0.25) is 9.48 Å². The summed E-state index contributed by atoms with van der Waals surface area (Å²) in [7, 11) is 3.19. The van der Waals surface area contributed by atoms with Gasteiger partial charge in [-0.1, -0.05) is 23.4 Å². The molecule has 0 saturated carbocycles. The highest BCUT2D eigenvalue weighted by atomic mass is 16.5. The van der Waals surface area contributed by atoms with Crippen molar-refractivity contribution in [3.8, 4) is 17.5 Å². The predicted molar refractivity (Wildman–Crippen MR) is 99.0 cm³/mol. The quantitative estimate of drug-likeness (QED) is 0.549.